The van der Waals surface area contributed by atoms with E-state index in [4.69, 9.17) is 14.2 Å². The van der Waals surface area contributed by atoms with Crippen molar-refractivity contribution in [3.8, 4) is 22.6 Å². The van der Waals surface area contributed by atoms with E-state index in [0.717, 1.165) is 22.3 Å². The van der Waals surface area contributed by atoms with Crippen LogP contribution < -0.4 is 10.1 Å². The summed E-state index contributed by atoms with van der Waals surface area (Å²) in [5.41, 5.74) is 5.06. The number of benzene rings is 4. The Kier molecular flexibility index (Phi) is 7.96. The Hall–Kier alpha value is -4.85. The maximum Gasteiger partial charge on any atom is 0.407 e. The number of fused-ring (bicyclic) bond motifs is 3. The number of hydrogen-bond donors (Lipinski definition) is 2. The molecule has 204 valence electrons. The van der Waals surface area contributed by atoms with Gasteiger partial charge in [-0.3, -0.25) is 0 Å². The first kappa shape index (κ1) is 26.7. The maximum atomic E-state index is 14.4. The molecule has 8 heteroatoms. The van der Waals surface area contributed by atoms with Gasteiger partial charge in [-0.25, -0.2) is 14.0 Å². The van der Waals surface area contributed by atoms with E-state index in [2.05, 4.69) is 5.32 Å². The van der Waals surface area contributed by atoms with Gasteiger partial charge in [-0.15, -0.1) is 0 Å². The average molecular weight is 542 g/mol. The minimum atomic E-state index is -1.21. The molecule has 1 amide bonds. The van der Waals surface area contributed by atoms with E-state index in [1.807, 2.05) is 48.5 Å². The van der Waals surface area contributed by atoms with Crippen LogP contribution in [0.25, 0.3) is 11.1 Å². The first-order chi connectivity index (χ1) is 19.4. The molecule has 2 N–H and O–H groups in total. The fourth-order valence-corrected chi connectivity index (χ4v) is 4.96. The largest absolute Gasteiger partial charge is 0.508 e. The third-order valence-corrected chi connectivity index (χ3v) is 6.94. The fourth-order valence-electron chi connectivity index (χ4n) is 4.96. The van der Waals surface area contributed by atoms with Crippen molar-refractivity contribution in [2.75, 3.05) is 13.7 Å². The van der Waals surface area contributed by atoms with E-state index in [1.165, 1.54) is 31.4 Å². The summed E-state index contributed by atoms with van der Waals surface area (Å²) < 4.78 is 30.7. The molecule has 5 rings (SSSR count). The summed E-state index contributed by atoms with van der Waals surface area (Å²) in [4.78, 5) is 26.1. The van der Waals surface area contributed by atoms with Crippen molar-refractivity contribution < 1.29 is 33.3 Å². The second-order valence-corrected chi connectivity index (χ2v) is 9.42. The lowest BCUT2D eigenvalue weighted by atomic mass is 9.98. The lowest BCUT2D eigenvalue weighted by Gasteiger charge is -2.20. The van der Waals surface area contributed by atoms with Crippen LogP contribution in [0.5, 0.6) is 11.5 Å². The number of rotatable bonds is 9. The molecule has 0 saturated carbocycles. The van der Waals surface area contributed by atoms with Crippen LogP contribution >= 0.6 is 0 Å². The van der Waals surface area contributed by atoms with Crippen LogP contribution in [0.1, 0.15) is 28.2 Å². The van der Waals surface area contributed by atoms with Crippen molar-refractivity contribution in [3.05, 3.63) is 119 Å². The number of aromatic hydroxyl groups is 1. The van der Waals surface area contributed by atoms with Gasteiger partial charge in [-0.05, 0) is 46.0 Å². The number of halogens is 1. The number of esters is 1. The number of phenolic OH excluding ortho intramolecular Hbond substituents is 1. The van der Waals surface area contributed by atoms with Crippen molar-refractivity contribution in [2.45, 2.75) is 25.0 Å². The number of alkyl carbamates (subject to hydrolysis) is 1. The lowest BCUT2D eigenvalue weighted by molar-refractivity contribution is -0.147. The second-order valence-electron chi connectivity index (χ2n) is 9.42. The smallest absolute Gasteiger partial charge is 0.407 e. The third kappa shape index (κ3) is 5.76. The third-order valence-electron chi connectivity index (χ3n) is 6.94. The zero-order chi connectivity index (χ0) is 28.1. The number of phenols is 1. The summed E-state index contributed by atoms with van der Waals surface area (Å²) in [6.45, 7) is -0.117. The average Bonchev–Trinajstić information content (AvgIpc) is 3.29. The van der Waals surface area contributed by atoms with Crippen molar-refractivity contribution in [1.29, 1.82) is 0 Å². The minimum Gasteiger partial charge on any atom is -0.508 e. The van der Waals surface area contributed by atoms with Crippen LogP contribution in [0.15, 0.2) is 91.0 Å². The topological polar surface area (TPSA) is 94.1 Å². The first-order valence-electron chi connectivity index (χ1n) is 12.8. The molecule has 1 unspecified atom stereocenters. The zero-order valence-corrected chi connectivity index (χ0v) is 21.8. The van der Waals surface area contributed by atoms with E-state index in [0.29, 0.717) is 11.3 Å². The Balaban J connectivity index is 1.29. The molecule has 0 radical (unpaired) electrons. The van der Waals surface area contributed by atoms with Crippen LogP contribution in [0, 0.1) is 5.82 Å². The first-order valence-corrected chi connectivity index (χ1v) is 12.8. The van der Waals surface area contributed by atoms with E-state index >= 15 is 0 Å². The predicted molar refractivity (Wildman–Crippen MR) is 147 cm³/mol. The highest BCUT2D eigenvalue weighted by Gasteiger charge is 2.30. The second kappa shape index (κ2) is 11.9. The molecule has 0 aliphatic heterocycles. The summed E-state index contributed by atoms with van der Waals surface area (Å²) >= 11 is 0. The molecule has 4 aromatic rings. The molecule has 7 nitrogen and oxygen atoms in total. The lowest BCUT2D eigenvalue weighted by Crippen LogP contribution is -2.44. The number of carbonyl (C=O) groups excluding carboxylic acids is 2. The molecule has 0 heterocycles. The molecule has 40 heavy (non-hydrogen) atoms. The SMILES string of the molecule is COc1cc(O)ccc1COC(=O)C(Cc1ccccc1F)NC(=O)OCC1c2ccccc2-c2ccccc21. The quantitative estimate of drug-likeness (QED) is 0.263. The summed E-state index contributed by atoms with van der Waals surface area (Å²) in [6.07, 6.45) is -0.954. The summed E-state index contributed by atoms with van der Waals surface area (Å²) in [6, 6.07) is 25.1. The van der Waals surface area contributed by atoms with E-state index in [9.17, 15) is 19.1 Å². The van der Waals surface area contributed by atoms with Gasteiger partial charge >= 0.3 is 12.1 Å². The molecule has 1 atom stereocenters. The van der Waals surface area contributed by atoms with E-state index in [-0.39, 0.29) is 36.9 Å². The van der Waals surface area contributed by atoms with Crippen molar-refractivity contribution in [2.24, 2.45) is 0 Å². The zero-order valence-electron chi connectivity index (χ0n) is 21.8. The van der Waals surface area contributed by atoms with E-state index < -0.39 is 23.9 Å². The molecular weight excluding hydrogens is 513 g/mol. The molecule has 4 aromatic carbocycles. The number of amides is 1. The number of carbonyl (C=O) groups is 2. The van der Waals surface area contributed by atoms with Gasteiger partial charge in [-0.1, -0.05) is 66.7 Å². The molecule has 0 spiro atoms. The standard InChI is InChI=1S/C32H28FNO6/c1-38-30-17-22(35)15-14-21(30)18-39-31(36)29(16-20-8-2-7-13-28(20)33)34-32(37)40-19-27-25-11-5-3-9-23(25)24-10-4-6-12-26(24)27/h2-15,17,27,29,35H,16,18-19H2,1H3,(H,34,37). The van der Waals surface area contributed by atoms with Crippen molar-refractivity contribution >= 4 is 12.1 Å². The minimum absolute atomic E-state index is 0.00118. The molecule has 1 aliphatic carbocycles. The summed E-state index contributed by atoms with van der Waals surface area (Å²) in [7, 11) is 1.43. The fraction of sp³-hybridized carbons (Fsp3) is 0.188. The number of ether oxygens (including phenoxy) is 3. The Labute approximate surface area is 231 Å². The maximum absolute atomic E-state index is 14.4. The molecule has 1 aliphatic rings. The Morgan fingerprint density at radius 3 is 2.20 bits per heavy atom. The monoisotopic (exact) mass is 541 g/mol. The van der Waals surface area contributed by atoms with Gasteiger partial charge in [0.15, 0.2) is 0 Å². The van der Waals surface area contributed by atoms with Crippen molar-refractivity contribution in [3.63, 3.8) is 0 Å². The highest BCUT2D eigenvalue weighted by molar-refractivity contribution is 5.82. The van der Waals surface area contributed by atoms with Crippen LogP contribution in [0.3, 0.4) is 0 Å². The van der Waals surface area contributed by atoms with Gasteiger partial charge in [0, 0.05) is 24.0 Å². The normalized spacial score (nSPS) is 12.7. The van der Waals surface area contributed by atoms with Crippen LogP contribution in [0.2, 0.25) is 0 Å². The van der Waals surface area contributed by atoms with E-state index in [1.54, 1.807) is 18.2 Å². The summed E-state index contributed by atoms with van der Waals surface area (Å²) in [5.74, 6) is -1.09. The molecular formula is C32H28FNO6. The molecule has 0 fully saturated rings. The van der Waals surface area contributed by atoms with Crippen LogP contribution in [-0.2, 0) is 27.3 Å². The Morgan fingerprint density at radius 2 is 1.52 bits per heavy atom. The van der Waals surface area contributed by atoms with Gasteiger partial charge in [0.05, 0.1) is 7.11 Å². The molecule has 0 aromatic heterocycles. The summed E-state index contributed by atoms with van der Waals surface area (Å²) in [5, 5.41) is 12.2. The number of hydrogen-bond acceptors (Lipinski definition) is 6. The van der Waals surface area contributed by atoms with Gasteiger partial charge in [-0.2, -0.15) is 0 Å². The Morgan fingerprint density at radius 1 is 0.875 bits per heavy atom. The van der Waals surface area contributed by atoms with Gasteiger partial charge in [0.1, 0.15) is 36.6 Å². The highest BCUT2D eigenvalue weighted by atomic mass is 19.1. The predicted octanol–water partition coefficient (Wildman–Crippen LogP) is 5.73. The Bertz CT molecular complexity index is 1490. The highest BCUT2D eigenvalue weighted by Crippen LogP contribution is 2.44. The molecule has 0 saturated heterocycles. The van der Waals surface area contributed by atoms with Crippen molar-refractivity contribution in [1.82, 2.24) is 5.32 Å². The number of nitrogens with one attached hydrogen (secondary N) is 1. The van der Waals surface area contributed by atoms with Crippen LogP contribution in [0.4, 0.5) is 9.18 Å². The van der Waals surface area contributed by atoms with Gasteiger partial charge < -0.3 is 24.6 Å². The van der Waals surface area contributed by atoms with Crippen LogP contribution in [-0.4, -0.2) is 36.9 Å². The van der Waals surface area contributed by atoms with Gasteiger partial charge in [0.2, 0.25) is 0 Å². The molecule has 0 bridgehead atoms. The van der Waals surface area contributed by atoms with Gasteiger partial charge in [0.25, 0.3) is 0 Å². The number of methoxy groups -OCH3 is 1.